The van der Waals surface area contributed by atoms with Crippen molar-refractivity contribution in [3.05, 3.63) is 0 Å². The Kier molecular flexibility index (Phi) is 22.3. The maximum absolute atomic E-state index is 6.53. The first-order valence-corrected chi connectivity index (χ1v) is 45.3. The normalized spacial score (nSPS) is 15.3. The minimum Gasteiger partial charge on any atom is -0.415 e. The second-order valence-electron chi connectivity index (χ2n) is 27.1. The standard InChI is InChI=1S/C15H36OSi2.C12H30OSi2.C9H24OSi2.C7H18OSi/c1-13(2,15(5,6)17(7,8)9)14(3,4)16-18(10,11)12;1-11(2,13-15(8,9)10)12(3,4)14(5,6)7;1-9(2,11(3,4)5)10-12(6,7)8;1-7(2,3)8-9(4,5)6/h1-12H3;1-10H3;1-8H3;1-6H3. The smallest absolute Gasteiger partial charge is 0.184 e. The third-order valence-electron chi connectivity index (χ3n) is 12.4. The minimum absolute atomic E-state index is 0.0120. The summed E-state index contributed by atoms with van der Waals surface area (Å²) in [7, 11) is -9.32. The van der Waals surface area contributed by atoms with Crippen molar-refractivity contribution in [2.24, 2.45) is 5.41 Å². The van der Waals surface area contributed by atoms with E-state index in [-0.39, 0.29) is 27.4 Å². The van der Waals surface area contributed by atoms with Gasteiger partial charge in [-0.1, -0.05) is 100 Å². The van der Waals surface area contributed by atoms with E-state index in [1.54, 1.807) is 0 Å². The molecule has 0 aliphatic heterocycles. The van der Waals surface area contributed by atoms with Crippen molar-refractivity contribution in [3.8, 4) is 0 Å². The summed E-state index contributed by atoms with van der Waals surface area (Å²) in [5.41, 5.74) is 0.110. The highest BCUT2D eigenvalue weighted by Gasteiger charge is 2.55. The summed E-state index contributed by atoms with van der Waals surface area (Å²) >= 11 is 0. The second-order valence-corrected chi connectivity index (χ2v) is 62.0. The van der Waals surface area contributed by atoms with Gasteiger partial charge in [-0.3, -0.25) is 0 Å². The molecule has 0 saturated carbocycles. The van der Waals surface area contributed by atoms with Gasteiger partial charge in [0.2, 0.25) is 0 Å². The average Bonchev–Trinajstić information content (AvgIpc) is 2.70. The molecule has 0 spiro atoms. The van der Waals surface area contributed by atoms with E-state index in [9.17, 15) is 0 Å². The number of hydrogen-bond acceptors (Lipinski definition) is 4. The van der Waals surface area contributed by atoms with Crippen LogP contribution in [0.4, 0.5) is 0 Å². The van der Waals surface area contributed by atoms with Crippen molar-refractivity contribution in [2.45, 2.75) is 273 Å². The monoisotopic (exact) mass is 885 g/mol. The van der Waals surface area contributed by atoms with Gasteiger partial charge < -0.3 is 17.7 Å². The van der Waals surface area contributed by atoms with E-state index in [1.807, 2.05) is 0 Å². The molecule has 0 atom stereocenters. The zero-order valence-corrected chi connectivity index (χ0v) is 51.6. The Hall–Kier alpha value is 1.36. The van der Waals surface area contributed by atoms with Gasteiger partial charge in [-0.2, -0.15) is 0 Å². The largest absolute Gasteiger partial charge is 0.415 e. The van der Waals surface area contributed by atoms with Crippen LogP contribution in [0.15, 0.2) is 0 Å². The van der Waals surface area contributed by atoms with E-state index in [0.717, 1.165) is 0 Å². The van der Waals surface area contributed by atoms with Crippen LogP contribution in [0.1, 0.15) is 104 Å². The van der Waals surface area contributed by atoms with Gasteiger partial charge in [0.05, 0.1) is 35.4 Å². The highest BCUT2D eigenvalue weighted by molar-refractivity contribution is 6.81. The predicted octanol–water partition coefficient (Wildman–Crippen LogP) is 16.6. The summed E-state index contributed by atoms with van der Waals surface area (Å²) in [5.74, 6) is 0. The number of hydrogen-bond donors (Lipinski definition) is 0. The molecule has 0 radical (unpaired) electrons. The molecule has 4 nitrogen and oxygen atoms in total. The molecule has 0 unspecified atom stereocenters. The summed E-state index contributed by atoms with van der Waals surface area (Å²) in [6.07, 6.45) is 0. The van der Waals surface area contributed by atoms with Crippen LogP contribution in [0, 0.1) is 5.41 Å². The fourth-order valence-corrected chi connectivity index (χ4v) is 19.4. The molecule has 0 bridgehead atoms. The van der Waals surface area contributed by atoms with Gasteiger partial charge in [0, 0.05) is 10.8 Å². The molecule has 11 heteroatoms. The lowest BCUT2D eigenvalue weighted by Crippen LogP contribution is -2.58. The number of rotatable bonds is 13. The summed E-state index contributed by atoms with van der Waals surface area (Å²) in [6.45, 7) is 83.2. The second kappa shape index (κ2) is 19.4. The van der Waals surface area contributed by atoms with Gasteiger partial charge in [0.15, 0.2) is 33.3 Å². The van der Waals surface area contributed by atoms with Crippen molar-refractivity contribution < 1.29 is 17.7 Å². The molecule has 0 aliphatic rings. The Balaban J connectivity index is -0.000000318. The van der Waals surface area contributed by atoms with Crippen molar-refractivity contribution in [1.82, 2.24) is 0 Å². The van der Waals surface area contributed by atoms with Gasteiger partial charge >= 0.3 is 0 Å². The first kappa shape index (κ1) is 62.0. The van der Waals surface area contributed by atoms with Crippen LogP contribution in [0.25, 0.3) is 0 Å². The Labute approximate surface area is 352 Å². The lowest BCUT2D eigenvalue weighted by Gasteiger charge is -2.58. The molecule has 0 rings (SSSR count). The van der Waals surface area contributed by atoms with Crippen molar-refractivity contribution in [2.75, 3.05) is 0 Å². The maximum atomic E-state index is 6.53. The van der Waals surface area contributed by atoms with Crippen LogP contribution < -0.4 is 0 Å². The van der Waals surface area contributed by atoms with Crippen LogP contribution >= 0.6 is 0 Å². The fourth-order valence-electron chi connectivity index (χ4n) is 6.22. The molecule has 0 N–H and O–H groups in total. The maximum Gasteiger partial charge on any atom is 0.184 e. The van der Waals surface area contributed by atoms with Gasteiger partial charge in [-0.05, 0) is 156 Å². The van der Waals surface area contributed by atoms with E-state index >= 15 is 0 Å². The van der Waals surface area contributed by atoms with Crippen LogP contribution in [0.2, 0.25) is 148 Å². The quantitative estimate of drug-likeness (QED) is 0.173. The van der Waals surface area contributed by atoms with E-state index in [4.69, 9.17) is 17.7 Å². The third-order valence-corrected chi connectivity index (χ3v) is 29.7. The Bertz CT molecular complexity index is 1070. The van der Waals surface area contributed by atoms with E-state index < -0.39 is 57.5 Å². The summed E-state index contributed by atoms with van der Waals surface area (Å²) < 4.78 is 24.9. The zero-order chi connectivity index (χ0) is 45.8. The minimum atomic E-state index is -1.52. The van der Waals surface area contributed by atoms with E-state index in [1.165, 1.54) is 0 Å². The molecule has 0 aliphatic carbocycles. The molecule has 332 valence electrons. The van der Waals surface area contributed by atoms with Crippen LogP contribution in [0.5, 0.6) is 0 Å². The Morgan fingerprint density at radius 1 is 0.259 bits per heavy atom. The topological polar surface area (TPSA) is 36.9 Å². The lowest BCUT2D eigenvalue weighted by molar-refractivity contribution is -0.0418. The van der Waals surface area contributed by atoms with Crippen molar-refractivity contribution in [1.29, 1.82) is 0 Å². The van der Waals surface area contributed by atoms with Crippen LogP contribution in [-0.4, -0.2) is 79.5 Å². The molecule has 0 aromatic rings. The fraction of sp³-hybridized carbons (Fsp3) is 1.00. The summed E-state index contributed by atoms with van der Waals surface area (Å²) in [6, 6.07) is 0. The van der Waals surface area contributed by atoms with Crippen molar-refractivity contribution in [3.63, 3.8) is 0 Å². The highest BCUT2D eigenvalue weighted by Crippen LogP contribution is 2.58. The van der Waals surface area contributed by atoms with E-state index in [0.29, 0.717) is 10.1 Å². The Morgan fingerprint density at radius 3 is 0.648 bits per heavy atom. The SMILES string of the molecule is CC(C)(C)O[Si](C)(C)C.CC(C)(O[Si](C)(C)C)C(C)(C)C(C)(C)[Si](C)(C)C.CC(C)(O[Si](C)(C)C)C(C)(C)[Si](C)(C)C.CC(C)(O[Si](C)(C)C)[Si](C)(C)C. The molecule has 0 heterocycles. The van der Waals surface area contributed by atoms with Gasteiger partial charge in [0.25, 0.3) is 0 Å². The third kappa shape index (κ3) is 23.2. The van der Waals surface area contributed by atoms with Gasteiger partial charge in [0.1, 0.15) is 0 Å². The van der Waals surface area contributed by atoms with Crippen molar-refractivity contribution >= 4 is 57.5 Å². The molecule has 0 fully saturated rings. The van der Waals surface area contributed by atoms with Crippen LogP contribution in [-0.2, 0) is 17.7 Å². The summed E-state index contributed by atoms with van der Waals surface area (Å²) in [5, 5.41) is 0.737. The molecule has 0 aromatic carbocycles. The molecule has 0 saturated heterocycles. The predicted molar refractivity (Wildman–Crippen MR) is 272 cm³/mol. The average molecular weight is 886 g/mol. The highest BCUT2D eigenvalue weighted by atomic mass is 28.4. The van der Waals surface area contributed by atoms with E-state index in [2.05, 4.69) is 241 Å². The molecule has 0 aromatic heterocycles. The first-order chi connectivity index (χ1) is 22.3. The molecular formula is C43H108O4Si7. The summed E-state index contributed by atoms with van der Waals surface area (Å²) in [4.78, 5) is 0. The van der Waals surface area contributed by atoms with Gasteiger partial charge in [-0.25, -0.2) is 0 Å². The zero-order valence-electron chi connectivity index (χ0n) is 44.6. The first-order valence-electron chi connectivity index (χ1n) is 21.1. The van der Waals surface area contributed by atoms with Gasteiger partial charge in [-0.15, -0.1) is 0 Å². The Morgan fingerprint density at radius 2 is 0.500 bits per heavy atom. The molecular weight excluding hydrogens is 777 g/mol. The molecule has 0 amide bonds. The van der Waals surface area contributed by atoms with Crippen LogP contribution in [0.3, 0.4) is 0 Å². The lowest BCUT2D eigenvalue weighted by atomic mass is 9.68. The molecule has 54 heavy (non-hydrogen) atoms.